The van der Waals surface area contributed by atoms with Gasteiger partial charge in [-0.2, -0.15) is 0 Å². The van der Waals surface area contributed by atoms with E-state index in [4.69, 9.17) is 27.9 Å². The fourth-order valence-corrected chi connectivity index (χ4v) is 4.13. The molecule has 32 heavy (non-hydrogen) atoms. The molecule has 3 aromatic rings. The molecule has 0 radical (unpaired) electrons. The Bertz CT molecular complexity index is 1080. The number of benzene rings is 2. The Morgan fingerprint density at radius 3 is 2.53 bits per heavy atom. The molecule has 0 fully saturated rings. The third kappa shape index (κ3) is 6.60. The lowest BCUT2D eigenvalue weighted by molar-refractivity contribution is -0.113. The van der Waals surface area contributed by atoms with E-state index >= 15 is 0 Å². The molecule has 0 aliphatic carbocycles. The molecular formula is C22H23Cl2FN4O2S. The van der Waals surface area contributed by atoms with Gasteiger partial charge in [0.1, 0.15) is 11.6 Å². The molecule has 10 heteroatoms. The predicted molar refractivity (Wildman–Crippen MR) is 126 cm³/mol. The molecule has 6 nitrogen and oxygen atoms in total. The van der Waals surface area contributed by atoms with Crippen molar-refractivity contribution >= 4 is 46.6 Å². The first-order chi connectivity index (χ1) is 15.2. The predicted octanol–water partition coefficient (Wildman–Crippen LogP) is 6.25. The third-order valence-corrected chi connectivity index (χ3v) is 5.84. The van der Waals surface area contributed by atoms with E-state index in [1.807, 2.05) is 11.5 Å². The van der Waals surface area contributed by atoms with E-state index < -0.39 is 6.10 Å². The van der Waals surface area contributed by atoms with Crippen LogP contribution in [0.2, 0.25) is 10.0 Å². The number of nitrogens with zero attached hydrogens (tertiary/aromatic N) is 3. The smallest absolute Gasteiger partial charge is 0.234 e. The second kappa shape index (κ2) is 11.0. The zero-order chi connectivity index (χ0) is 23.3. The zero-order valence-corrected chi connectivity index (χ0v) is 20.1. The summed E-state index contributed by atoms with van der Waals surface area (Å²) in [7, 11) is 0. The maximum Gasteiger partial charge on any atom is 0.234 e. The highest BCUT2D eigenvalue weighted by Crippen LogP contribution is 2.28. The van der Waals surface area contributed by atoms with Crippen molar-refractivity contribution in [3.63, 3.8) is 0 Å². The van der Waals surface area contributed by atoms with Crippen molar-refractivity contribution in [2.45, 2.75) is 38.6 Å². The number of anilines is 1. The van der Waals surface area contributed by atoms with Crippen LogP contribution in [0, 0.1) is 11.7 Å². The number of nitrogens with one attached hydrogen (secondary N) is 1. The van der Waals surface area contributed by atoms with Crippen molar-refractivity contribution in [2.75, 3.05) is 11.1 Å². The molecule has 170 valence electrons. The molecule has 0 aliphatic heterocycles. The van der Waals surface area contributed by atoms with Crippen molar-refractivity contribution < 1.29 is 13.9 Å². The molecule has 1 heterocycles. The molecule has 1 amide bonds. The Morgan fingerprint density at radius 2 is 1.88 bits per heavy atom. The number of ether oxygens (including phenoxy) is 1. The Balaban J connectivity index is 1.69. The fourth-order valence-electron chi connectivity index (χ4n) is 2.92. The van der Waals surface area contributed by atoms with Crippen molar-refractivity contribution in [3.8, 4) is 5.75 Å². The normalized spacial score (nSPS) is 12.1. The lowest BCUT2D eigenvalue weighted by Crippen LogP contribution is -2.17. The van der Waals surface area contributed by atoms with Crippen molar-refractivity contribution in [1.82, 2.24) is 14.8 Å². The number of carbonyl (C=O) groups excluding carboxylic acids is 1. The number of amides is 1. The third-order valence-electron chi connectivity index (χ3n) is 4.32. The highest BCUT2D eigenvalue weighted by Gasteiger charge is 2.21. The number of aromatic nitrogens is 3. The van der Waals surface area contributed by atoms with E-state index in [-0.39, 0.29) is 17.5 Å². The monoisotopic (exact) mass is 496 g/mol. The molecule has 0 bridgehead atoms. The van der Waals surface area contributed by atoms with Crippen LogP contribution in [-0.4, -0.2) is 26.4 Å². The lowest BCUT2D eigenvalue weighted by atomic mass is 10.2. The van der Waals surface area contributed by atoms with Crippen molar-refractivity contribution in [1.29, 1.82) is 0 Å². The summed E-state index contributed by atoms with van der Waals surface area (Å²) in [6.45, 7) is 6.68. The first-order valence-corrected chi connectivity index (χ1v) is 11.7. The van der Waals surface area contributed by atoms with Crippen LogP contribution in [0.25, 0.3) is 0 Å². The maximum absolute atomic E-state index is 13.2. The second-order valence-electron chi connectivity index (χ2n) is 7.52. The summed E-state index contributed by atoms with van der Waals surface area (Å²) < 4.78 is 21.0. The minimum absolute atomic E-state index is 0.127. The largest absolute Gasteiger partial charge is 0.483 e. The van der Waals surface area contributed by atoms with Crippen molar-refractivity contribution in [2.24, 2.45) is 5.92 Å². The molecule has 0 spiro atoms. The number of hydrogen-bond donors (Lipinski definition) is 1. The van der Waals surface area contributed by atoms with Gasteiger partial charge in [0.15, 0.2) is 17.1 Å². The van der Waals surface area contributed by atoms with Gasteiger partial charge in [0.2, 0.25) is 5.91 Å². The minimum Gasteiger partial charge on any atom is -0.483 e. The quantitative estimate of drug-likeness (QED) is 0.354. The minimum atomic E-state index is -0.414. The number of hydrogen-bond acceptors (Lipinski definition) is 5. The Morgan fingerprint density at radius 1 is 1.16 bits per heavy atom. The molecule has 1 atom stereocenters. The molecule has 2 aromatic carbocycles. The zero-order valence-electron chi connectivity index (χ0n) is 17.8. The highest BCUT2D eigenvalue weighted by atomic mass is 35.5. The van der Waals surface area contributed by atoms with Crippen LogP contribution in [0.3, 0.4) is 0 Å². The van der Waals surface area contributed by atoms with Gasteiger partial charge in [-0.3, -0.25) is 4.79 Å². The van der Waals surface area contributed by atoms with Crippen LogP contribution >= 0.6 is 35.0 Å². The van der Waals surface area contributed by atoms with Gasteiger partial charge < -0.3 is 14.6 Å². The number of thioether (sulfide) groups is 1. The summed E-state index contributed by atoms with van der Waals surface area (Å²) >= 11 is 13.3. The topological polar surface area (TPSA) is 69.0 Å². The SMILES string of the molecule is CC(C)Cn1c(SCC(=O)Nc2ccc(Cl)cc2Cl)nnc1C(C)Oc1ccc(F)cc1. The van der Waals surface area contributed by atoms with Gasteiger partial charge >= 0.3 is 0 Å². The van der Waals surface area contributed by atoms with Crippen LogP contribution < -0.4 is 10.1 Å². The first kappa shape index (κ1) is 24.4. The average molecular weight is 497 g/mol. The van der Waals surface area contributed by atoms with Gasteiger partial charge in [-0.05, 0) is 55.3 Å². The standard InChI is InChI=1S/C22H23Cl2FN4O2S/c1-13(2)11-29-21(14(3)31-17-7-5-16(25)6-8-17)27-28-22(29)32-12-20(30)26-19-9-4-15(23)10-18(19)24/h4-10,13-14H,11-12H2,1-3H3,(H,26,30). The molecule has 0 saturated carbocycles. The van der Waals surface area contributed by atoms with Crippen LogP contribution in [0.4, 0.5) is 10.1 Å². The van der Waals surface area contributed by atoms with Crippen LogP contribution in [0.15, 0.2) is 47.6 Å². The van der Waals surface area contributed by atoms with Gasteiger partial charge in [-0.1, -0.05) is 48.8 Å². The summed E-state index contributed by atoms with van der Waals surface area (Å²) in [5, 5.41) is 12.8. The van der Waals surface area contributed by atoms with Gasteiger partial charge in [-0.25, -0.2) is 4.39 Å². The van der Waals surface area contributed by atoms with Gasteiger partial charge in [0.25, 0.3) is 0 Å². The lowest BCUT2D eigenvalue weighted by Gasteiger charge is -2.17. The van der Waals surface area contributed by atoms with Crippen LogP contribution in [0.5, 0.6) is 5.75 Å². The van der Waals surface area contributed by atoms with Gasteiger partial charge in [0.05, 0.1) is 16.5 Å². The molecular weight excluding hydrogens is 474 g/mol. The summed E-state index contributed by atoms with van der Waals surface area (Å²) in [4.78, 5) is 12.4. The fraction of sp³-hybridized carbons (Fsp3) is 0.318. The van der Waals surface area contributed by atoms with E-state index in [2.05, 4.69) is 29.4 Å². The maximum atomic E-state index is 13.2. The number of halogens is 3. The van der Waals surface area contributed by atoms with Crippen molar-refractivity contribution in [3.05, 3.63) is 64.2 Å². The molecule has 1 N–H and O–H groups in total. The summed E-state index contributed by atoms with van der Waals surface area (Å²) in [6.07, 6.45) is -0.414. The first-order valence-electron chi connectivity index (χ1n) is 9.96. The summed E-state index contributed by atoms with van der Waals surface area (Å²) in [6, 6.07) is 10.7. The van der Waals surface area contributed by atoms with E-state index in [1.54, 1.807) is 30.3 Å². The number of rotatable bonds is 9. The van der Waals surface area contributed by atoms with Gasteiger partial charge in [-0.15, -0.1) is 10.2 Å². The Labute approximate surface area is 200 Å². The molecule has 3 rings (SSSR count). The highest BCUT2D eigenvalue weighted by molar-refractivity contribution is 7.99. The second-order valence-corrected chi connectivity index (χ2v) is 9.31. The molecule has 1 aromatic heterocycles. The Kier molecular flexibility index (Phi) is 8.39. The van der Waals surface area contributed by atoms with Gasteiger partial charge in [0, 0.05) is 11.6 Å². The molecule has 1 unspecified atom stereocenters. The summed E-state index contributed by atoms with van der Waals surface area (Å²) in [5.74, 6) is 1.06. The van der Waals surface area contributed by atoms with E-state index in [0.717, 1.165) is 0 Å². The van der Waals surface area contributed by atoms with E-state index in [9.17, 15) is 9.18 Å². The van der Waals surface area contributed by atoms with Crippen LogP contribution in [0.1, 0.15) is 32.7 Å². The van der Waals surface area contributed by atoms with E-state index in [1.165, 1.54) is 23.9 Å². The average Bonchev–Trinajstić information content (AvgIpc) is 3.12. The number of carbonyl (C=O) groups is 1. The van der Waals surface area contributed by atoms with E-state index in [0.29, 0.717) is 44.9 Å². The molecule has 0 aliphatic rings. The Hall–Kier alpha value is -2.29. The summed E-state index contributed by atoms with van der Waals surface area (Å²) in [5.41, 5.74) is 0.493. The molecule has 0 saturated heterocycles. The van der Waals surface area contributed by atoms with Crippen LogP contribution in [-0.2, 0) is 11.3 Å².